The van der Waals surface area contributed by atoms with Crippen molar-refractivity contribution in [3.05, 3.63) is 30.5 Å². The lowest BCUT2D eigenvalue weighted by Gasteiger charge is -2.04. The van der Waals surface area contributed by atoms with Gasteiger partial charge in [-0.2, -0.15) is 0 Å². The van der Waals surface area contributed by atoms with Gasteiger partial charge in [0, 0.05) is 6.92 Å². The highest BCUT2D eigenvalue weighted by molar-refractivity contribution is 5.88. The minimum atomic E-state index is -0.243. The zero-order valence-corrected chi connectivity index (χ0v) is 10.6. The smallest absolute Gasteiger partial charge is 0.222 e. The van der Waals surface area contributed by atoms with Gasteiger partial charge in [0.15, 0.2) is 23.2 Å². The number of carbonyl (C=O) groups excluding carboxylic acids is 1. The van der Waals surface area contributed by atoms with E-state index in [0.717, 1.165) is 11.0 Å². The summed E-state index contributed by atoms with van der Waals surface area (Å²) in [6, 6.07) is 7.53. The molecule has 0 saturated carbocycles. The van der Waals surface area contributed by atoms with Crippen molar-refractivity contribution in [2.45, 2.75) is 6.92 Å². The fourth-order valence-corrected chi connectivity index (χ4v) is 1.86. The Bertz CT molecular complexity index is 761. The number of aromatic nitrogens is 4. The van der Waals surface area contributed by atoms with Crippen molar-refractivity contribution in [3.63, 3.8) is 0 Å². The molecule has 7 heteroatoms. The SMILES string of the molecule is CC(=O)Nc1cnc([NH])c(-c2nc3ccccc3[nH]2)n1. The number of aromatic amines is 1. The Morgan fingerprint density at radius 1 is 1.30 bits per heavy atom. The Labute approximate surface area is 114 Å². The number of nitrogens with one attached hydrogen (secondary N) is 3. The number of hydrogen-bond donors (Lipinski definition) is 2. The van der Waals surface area contributed by atoms with E-state index in [0.29, 0.717) is 17.3 Å². The molecule has 20 heavy (non-hydrogen) atoms. The highest BCUT2D eigenvalue weighted by atomic mass is 16.1. The molecule has 1 aromatic carbocycles. The number of nitrogens with zero attached hydrogens (tertiary/aromatic N) is 3. The molecule has 0 fully saturated rings. The number of hydrogen-bond acceptors (Lipinski definition) is 4. The summed E-state index contributed by atoms with van der Waals surface area (Å²) in [6.45, 7) is 1.39. The zero-order chi connectivity index (χ0) is 14.1. The highest BCUT2D eigenvalue weighted by Gasteiger charge is 2.13. The Kier molecular flexibility index (Phi) is 2.79. The molecule has 0 aliphatic rings. The first kappa shape index (κ1) is 12.1. The van der Waals surface area contributed by atoms with Crippen molar-refractivity contribution in [1.29, 1.82) is 0 Å². The molecule has 0 aliphatic carbocycles. The van der Waals surface area contributed by atoms with Crippen LogP contribution < -0.4 is 11.1 Å². The maximum atomic E-state index is 11.0. The number of carbonyl (C=O) groups is 1. The van der Waals surface area contributed by atoms with E-state index in [2.05, 4.69) is 25.3 Å². The van der Waals surface area contributed by atoms with Gasteiger partial charge in [-0.05, 0) is 12.1 Å². The molecule has 0 aliphatic heterocycles. The summed E-state index contributed by atoms with van der Waals surface area (Å²) in [4.78, 5) is 26.6. The monoisotopic (exact) mass is 267 g/mol. The maximum absolute atomic E-state index is 11.0. The molecular formula is C13H11N6O. The molecule has 99 valence electrons. The van der Waals surface area contributed by atoms with Crippen LogP contribution in [0.15, 0.2) is 30.5 Å². The first-order valence-electron chi connectivity index (χ1n) is 5.95. The number of H-pyrrole nitrogens is 1. The predicted octanol–water partition coefficient (Wildman–Crippen LogP) is 1.89. The van der Waals surface area contributed by atoms with Crippen LogP contribution in [0.5, 0.6) is 0 Å². The first-order valence-corrected chi connectivity index (χ1v) is 5.95. The Hall–Kier alpha value is -2.96. The van der Waals surface area contributed by atoms with Gasteiger partial charge in [0.2, 0.25) is 5.91 Å². The third-order valence-electron chi connectivity index (χ3n) is 2.69. The number of amides is 1. The molecule has 2 heterocycles. The first-order chi connectivity index (χ1) is 9.63. The van der Waals surface area contributed by atoms with E-state index < -0.39 is 0 Å². The summed E-state index contributed by atoms with van der Waals surface area (Å²) in [6.07, 6.45) is 1.34. The molecule has 1 radical (unpaired) electrons. The molecule has 7 nitrogen and oxygen atoms in total. The van der Waals surface area contributed by atoms with Crippen LogP contribution >= 0.6 is 0 Å². The maximum Gasteiger partial charge on any atom is 0.222 e. The van der Waals surface area contributed by atoms with Gasteiger partial charge < -0.3 is 10.3 Å². The fraction of sp³-hybridized carbons (Fsp3) is 0.0769. The zero-order valence-electron chi connectivity index (χ0n) is 10.6. The number of rotatable bonds is 2. The molecule has 0 bridgehead atoms. The van der Waals surface area contributed by atoms with Crippen LogP contribution in [0.4, 0.5) is 11.6 Å². The van der Waals surface area contributed by atoms with Crippen molar-refractivity contribution in [1.82, 2.24) is 25.7 Å². The summed E-state index contributed by atoms with van der Waals surface area (Å²) < 4.78 is 0. The molecule has 3 aromatic rings. The number of fused-ring (bicyclic) bond motifs is 1. The van der Waals surface area contributed by atoms with Crippen LogP contribution in [0.1, 0.15) is 6.92 Å². The van der Waals surface area contributed by atoms with Crippen LogP contribution in [0.3, 0.4) is 0 Å². The number of benzene rings is 1. The van der Waals surface area contributed by atoms with E-state index in [-0.39, 0.29) is 11.7 Å². The molecule has 2 aromatic heterocycles. The highest BCUT2D eigenvalue weighted by Crippen LogP contribution is 2.24. The number of para-hydroxylation sites is 2. The van der Waals surface area contributed by atoms with Crippen molar-refractivity contribution < 1.29 is 4.79 Å². The topological polar surface area (TPSA) is 107 Å². The van der Waals surface area contributed by atoms with Crippen molar-refractivity contribution in [2.75, 3.05) is 5.32 Å². The van der Waals surface area contributed by atoms with E-state index in [9.17, 15) is 4.79 Å². The molecule has 0 unspecified atom stereocenters. The van der Waals surface area contributed by atoms with Gasteiger partial charge in [-0.25, -0.2) is 15.0 Å². The van der Waals surface area contributed by atoms with E-state index in [1.165, 1.54) is 13.1 Å². The lowest BCUT2D eigenvalue weighted by atomic mass is 10.3. The molecule has 3 N–H and O–H groups in total. The van der Waals surface area contributed by atoms with Crippen molar-refractivity contribution in [2.24, 2.45) is 0 Å². The van der Waals surface area contributed by atoms with Crippen LogP contribution in [-0.2, 0) is 4.79 Å². The standard InChI is InChI=1S/C13H11N6O/c1-7(20)16-10-6-15-12(14)11(19-10)13-17-8-4-2-3-5-9(8)18-13/h2-6,14H,1H3,(H,17,18)(H,16,19,20). The Morgan fingerprint density at radius 2 is 2.10 bits per heavy atom. The van der Waals surface area contributed by atoms with E-state index in [4.69, 9.17) is 5.73 Å². The van der Waals surface area contributed by atoms with Crippen LogP contribution in [0.25, 0.3) is 22.6 Å². The molecule has 0 saturated heterocycles. The third kappa shape index (κ3) is 2.16. The van der Waals surface area contributed by atoms with Crippen molar-refractivity contribution in [3.8, 4) is 11.5 Å². The largest absolute Gasteiger partial charge is 0.337 e. The third-order valence-corrected chi connectivity index (χ3v) is 2.69. The van der Waals surface area contributed by atoms with E-state index in [1.54, 1.807) is 0 Å². The predicted molar refractivity (Wildman–Crippen MR) is 74.2 cm³/mol. The van der Waals surface area contributed by atoms with E-state index >= 15 is 0 Å². The van der Waals surface area contributed by atoms with E-state index in [1.807, 2.05) is 24.3 Å². The van der Waals surface area contributed by atoms with Gasteiger partial charge in [0.25, 0.3) is 0 Å². The second kappa shape index (κ2) is 4.61. The Balaban J connectivity index is 2.10. The van der Waals surface area contributed by atoms with Gasteiger partial charge in [-0.3, -0.25) is 10.5 Å². The second-order valence-electron chi connectivity index (χ2n) is 4.24. The average Bonchev–Trinajstić information content (AvgIpc) is 2.84. The average molecular weight is 267 g/mol. The molecule has 0 spiro atoms. The van der Waals surface area contributed by atoms with Gasteiger partial charge in [-0.15, -0.1) is 0 Å². The number of anilines is 1. The van der Waals surface area contributed by atoms with Gasteiger partial charge in [0.05, 0.1) is 17.2 Å². The quantitative estimate of drug-likeness (QED) is 0.739. The van der Waals surface area contributed by atoms with Gasteiger partial charge >= 0.3 is 0 Å². The molecular weight excluding hydrogens is 256 g/mol. The summed E-state index contributed by atoms with van der Waals surface area (Å²) >= 11 is 0. The van der Waals surface area contributed by atoms with Crippen LogP contribution in [0.2, 0.25) is 0 Å². The summed E-state index contributed by atoms with van der Waals surface area (Å²) in [5.74, 6) is 0.505. The van der Waals surface area contributed by atoms with Crippen LogP contribution in [0, 0.1) is 0 Å². The van der Waals surface area contributed by atoms with Crippen molar-refractivity contribution >= 4 is 28.6 Å². The molecule has 3 rings (SSSR count). The minimum absolute atomic E-state index is 0.00171. The lowest BCUT2D eigenvalue weighted by Crippen LogP contribution is -2.08. The van der Waals surface area contributed by atoms with Gasteiger partial charge in [-0.1, -0.05) is 12.1 Å². The Morgan fingerprint density at radius 3 is 2.85 bits per heavy atom. The number of imidazole rings is 1. The minimum Gasteiger partial charge on any atom is -0.337 e. The molecule has 1 amide bonds. The van der Waals surface area contributed by atoms with Crippen LogP contribution in [-0.4, -0.2) is 25.8 Å². The van der Waals surface area contributed by atoms with Gasteiger partial charge in [0.1, 0.15) is 0 Å². The summed E-state index contributed by atoms with van der Waals surface area (Å²) in [5, 5.41) is 2.54. The molecule has 0 atom stereocenters. The second-order valence-corrected chi connectivity index (χ2v) is 4.24. The summed E-state index contributed by atoms with van der Waals surface area (Å²) in [5.41, 5.74) is 9.75. The lowest BCUT2D eigenvalue weighted by molar-refractivity contribution is -0.114. The normalized spacial score (nSPS) is 10.7. The summed E-state index contributed by atoms with van der Waals surface area (Å²) in [7, 11) is 0. The fourth-order valence-electron chi connectivity index (χ4n) is 1.86.